The molecule has 2 aromatic carbocycles. The quantitative estimate of drug-likeness (QED) is 0.424. The Balaban J connectivity index is 1.78. The van der Waals surface area contributed by atoms with Gasteiger partial charge in [0, 0.05) is 5.02 Å². The summed E-state index contributed by atoms with van der Waals surface area (Å²) in [5, 5.41) is 10.0. The van der Waals surface area contributed by atoms with Crippen LogP contribution >= 0.6 is 35.6 Å². The molecule has 1 atom stereocenters. The maximum Gasteiger partial charge on any atom is 0.326 e. The number of halogens is 1. The normalized spacial score (nSPS) is 16.0. The number of ether oxygens (including phenoxy) is 2. The number of hydrogen-bond acceptors (Lipinski definition) is 6. The van der Waals surface area contributed by atoms with Crippen LogP contribution in [0.4, 0.5) is 0 Å². The van der Waals surface area contributed by atoms with Gasteiger partial charge in [-0.15, -0.1) is 0 Å². The van der Waals surface area contributed by atoms with Crippen molar-refractivity contribution in [3.05, 3.63) is 63.5 Å². The second-order valence-corrected chi connectivity index (χ2v) is 8.75. The molecule has 9 heteroatoms. The Kier molecular flexibility index (Phi) is 7.59. The number of nitrogens with zero attached hydrogens (tertiary/aromatic N) is 1. The van der Waals surface area contributed by atoms with Crippen LogP contribution in [-0.4, -0.2) is 39.4 Å². The predicted molar refractivity (Wildman–Crippen MR) is 126 cm³/mol. The number of rotatable bonds is 8. The van der Waals surface area contributed by atoms with E-state index in [9.17, 15) is 14.7 Å². The van der Waals surface area contributed by atoms with Crippen LogP contribution in [0.25, 0.3) is 6.08 Å². The standard InChI is InChI=1S/C22H20ClNO5S2/c1-3-16(21(26)27)24-20(25)19(31-22(24)30)11-14-6-9-17(18(10-14)28-2)29-12-13-4-7-15(23)8-5-13/h4-11,16H,3,12H2,1-2H3,(H,26,27)/b19-11+/t16-/m1/s1. The second kappa shape index (κ2) is 10.2. The molecular formula is C22H20ClNO5S2. The number of benzene rings is 2. The van der Waals surface area contributed by atoms with Crippen molar-refractivity contribution in [3.63, 3.8) is 0 Å². The summed E-state index contributed by atoms with van der Waals surface area (Å²) in [5.74, 6) is -0.426. The van der Waals surface area contributed by atoms with Crippen LogP contribution < -0.4 is 9.47 Å². The lowest BCUT2D eigenvalue weighted by atomic mass is 10.1. The highest BCUT2D eigenvalue weighted by Gasteiger charge is 2.39. The van der Waals surface area contributed by atoms with E-state index in [4.69, 9.17) is 33.3 Å². The fourth-order valence-electron chi connectivity index (χ4n) is 3.00. The topological polar surface area (TPSA) is 76.1 Å². The molecule has 3 rings (SSSR count). The van der Waals surface area contributed by atoms with Crippen molar-refractivity contribution in [2.24, 2.45) is 0 Å². The number of carboxylic acids is 1. The lowest BCUT2D eigenvalue weighted by Crippen LogP contribution is -2.43. The summed E-state index contributed by atoms with van der Waals surface area (Å²) in [7, 11) is 1.53. The van der Waals surface area contributed by atoms with E-state index in [1.54, 1.807) is 43.3 Å². The van der Waals surface area contributed by atoms with Gasteiger partial charge in [0.15, 0.2) is 11.5 Å². The summed E-state index contributed by atoms with van der Waals surface area (Å²) in [6.45, 7) is 2.05. The number of methoxy groups -OCH3 is 1. The van der Waals surface area contributed by atoms with Crippen LogP contribution in [0.3, 0.4) is 0 Å². The third kappa shape index (κ3) is 5.39. The number of hydrogen-bond donors (Lipinski definition) is 1. The largest absolute Gasteiger partial charge is 0.493 e. The zero-order valence-electron chi connectivity index (χ0n) is 16.8. The molecular weight excluding hydrogens is 458 g/mol. The van der Waals surface area contributed by atoms with Crippen molar-refractivity contribution < 1.29 is 24.2 Å². The van der Waals surface area contributed by atoms with Crippen molar-refractivity contribution >= 4 is 57.9 Å². The molecule has 1 aliphatic heterocycles. The molecule has 31 heavy (non-hydrogen) atoms. The lowest BCUT2D eigenvalue weighted by Gasteiger charge is -2.21. The molecule has 1 aliphatic rings. The molecule has 0 spiro atoms. The summed E-state index contributed by atoms with van der Waals surface area (Å²) in [6.07, 6.45) is 1.93. The van der Waals surface area contributed by atoms with Crippen LogP contribution in [0.2, 0.25) is 5.02 Å². The Hall–Kier alpha value is -2.55. The summed E-state index contributed by atoms with van der Waals surface area (Å²) in [4.78, 5) is 25.7. The lowest BCUT2D eigenvalue weighted by molar-refractivity contribution is -0.145. The third-order valence-electron chi connectivity index (χ3n) is 4.60. The van der Waals surface area contributed by atoms with Crippen molar-refractivity contribution in [1.29, 1.82) is 0 Å². The molecule has 162 valence electrons. The molecule has 0 bridgehead atoms. The van der Waals surface area contributed by atoms with Crippen LogP contribution in [0.1, 0.15) is 24.5 Å². The van der Waals surface area contributed by atoms with E-state index in [0.29, 0.717) is 33.6 Å². The van der Waals surface area contributed by atoms with Crippen LogP contribution in [0, 0.1) is 0 Å². The fraction of sp³-hybridized carbons (Fsp3) is 0.227. The molecule has 0 aliphatic carbocycles. The first-order valence-electron chi connectivity index (χ1n) is 9.39. The first kappa shape index (κ1) is 23.1. The molecule has 1 N–H and O–H groups in total. The first-order chi connectivity index (χ1) is 14.8. The van der Waals surface area contributed by atoms with E-state index in [1.807, 2.05) is 12.1 Å². The highest BCUT2D eigenvalue weighted by molar-refractivity contribution is 8.26. The van der Waals surface area contributed by atoms with Gasteiger partial charge in [0.1, 0.15) is 17.0 Å². The zero-order valence-corrected chi connectivity index (χ0v) is 19.2. The van der Waals surface area contributed by atoms with Gasteiger partial charge in [0.25, 0.3) is 5.91 Å². The minimum atomic E-state index is -1.08. The van der Waals surface area contributed by atoms with Gasteiger partial charge in [-0.1, -0.05) is 60.7 Å². The number of amides is 1. The van der Waals surface area contributed by atoms with E-state index in [-0.39, 0.29) is 10.7 Å². The number of thioether (sulfide) groups is 1. The fourth-order valence-corrected chi connectivity index (χ4v) is 4.49. The SMILES string of the molecule is CC[C@H](C(=O)O)N1C(=O)/C(=C\c2ccc(OCc3ccc(Cl)cc3)c(OC)c2)SC1=S. The van der Waals surface area contributed by atoms with Gasteiger partial charge in [-0.25, -0.2) is 4.79 Å². The van der Waals surface area contributed by atoms with Crippen molar-refractivity contribution in [2.75, 3.05) is 7.11 Å². The van der Waals surface area contributed by atoms with Gasteiger partial charge < -0.3 is 14.6 Å². The van der Waals surface area contributed by atoms with Gasteiger partial charge in [-0.2, -0.15) is 0 Å². The molecule has 6 nitrogen and oxygen atoms in total. The predicted octanol–water partition coefficient (Wildman–Crippen LogP) is 4.99. The van der Waals surface area contributed by atoms with Gasteiger partial charge >= 0.3 is 5.97 Å². The maximum absolute atomic E-state index is 12.8. The Labute approximate surface area is 194 Å². The smallest absolute Gasteiger partial charge is 0.326 e. The maximum atomic E-state index is 12.8. The minimum absolute atomic E-state index is 0.236. The number of carbonyl (C=O) groups is 2. The third-order valence-corrected chi connectivity index (χ3v) is 6.18. The number of carbonyl (C=O) groups excluding carboxylic acids is 1. The molecule has 0 radical (unpaired) electrons. The molecule has 0 aromatic heterocycles. The second-order valence-electron chi connectivity index (χ2n) is 6.64. The van der Waals surface area contributed by atoms with Crippen LogP contribution in [0.15, 0.2) is 47.4 Å². The van der Waals surface area contributed by atoms with Gasteiger partial charge in [-0.3, -0.25) is 9.69 Å². The van der Waals surface area contributed by atoms with E-state index in [0.717, 1.165) is 22.2 Å². The van der Waals surface area contributed by atoms with E-state index < -0.39 is 17.9 Å². The Morgan fingerprint density at radius 2 is 1.97 bits per heavy atom. The Morgan fingerprint density at radius 3 is 2.58 bits per heavy atom. The summed E-state index contributed by atoms with van der Waals surface area (Å²) < 4.78 is 11.5. The molecule has 1 saturated heterocycles. The van der Waals surface area contributed by atoms with Crippen LogP contribution in [0.5, 0.6) is 11.5 Å². The number of thiocarbonyl (C=S) groups is 1. The van der Waals surface area contributed by atoms with Gasteiger partial charge in [0.05, 0.1) is 12.0 Å². The van der Waals surface area contributed by atoms with E-state index in [1.165, 1.54) is 7.11 Å². The Bertz CT molecular complexity index is 1040. The number of aliphatic carboxylic acids is 1. The molecule has 1 heterocycles. The van der Waals surface area contributed by atoms with Crippen LogP contribution in [-0.2, 0) is 16.2 Å². The van der Waals surface area contributed by atoms with Crippen molar-refractivity contribution in [2.45, 2.75) is 26.0 Å². The molecule has 1 fully saturated rings. The first-order valence-corrected chi connectivity index (χ1v) is 11.0. The zero-order chi connectivity index (χ0) is 22.5. The summed E-state index contributed by atoms with van der Waals surface area (Å²) >= 11 is 12.2. The van der Waals surface area contributed by atoms with Gasteiger partial charge in [-0.05, 0) is 47.9 Å². The van der Waals surface area contributed by atoms with Crippen molar-refractivity contribution in [1.82, 2.24) is 4.90 Å². The monoisotopic (exact) mass is 477 g/mol. The molecule has 0 saturated carbocycles. The highest BCUT2D eigenvalue weighted by atomic mass is 35.5. The van der Waals surface area contributed by atoms with E-state index in [2.05, 4.69) is 0 Å². The summed E-state index contributed by atoms with van der Waals surface area (Å²) in [5.41, 5.74) is 1.67. The number of carboxylic acid groups (broad SMARTS) is 1. The summed E-state index contributed by atoms with van der Waals surface area (Å²) in [6, 6.07) is 11.7. The average Bonchev–Trinajstić information content (AvgIpc) is 3.02. The minimum Gasteiger partial charge on any atom is -0.493 e. The molecule has 1 amide bonds. The van der Waals surface area contributed by atoms with Crippen molar-refractivity contribution in [3.8, 4) is 11.5 Å². The highest BCUT2D eigenvalue weighted by Crippen LogP contribution is 2.36. The Morgan fingerprint density at radius 1 is 1.26 bits per heavy atom. The molecule has 2 aromatic rings. The molecule has 0 unspecified atom stereocenters. The van der Waals surface area contributed by atoms with Gasteiger partial charge in [0.2, 0.25) is 0 Å². The average molecular weight is 478 g/mol. The van der Waals surface area contributed by atoms with E-state index >= 15 is 0 Å².